The first-order chi connectivity index (χ1) is 30.6. The molecule has 0 aliphatic carbocycles. The average Bonchev–Trinajstić information content (AvgIpc) is 3.27. The average molecular weight is 903 g/mol. The number of hydrogen-bond donors (Lipinski definition) is 6. The van der Waals surface area contributed by atoms with Crippen LogP contribution in [0.1, 0.15) is 304 Å². The molecular formula is C54H110O9. The van der Waals surface area contributed by atoms with Crippen LogP contribution in [-0.2, 0) is 14.4 Å². The maximum absolute atomic E-state index is 10.3. The van der Waals surface area contributed by atoms with E-state index in [1.807, 2.05) is 6.92 Å². The van der Waals surface area contributed by atoms with Gasteiger partial charge in [-0.1, -0.05) is 259 Å². The summed E-state index contributed by atoms with van der Waals surface area (Å²) in [5.74, 6) is -1.96. The van der Waals surface area contributed by atoms with E-state index >= 15 is 0 Å². The van der Waals surface area contributed by atoms with Crippen molar-refractivity contribution < 1.29 is 45.0 Å². The van der Waals surface area contributed by atoms with Gasteiger partial charge in [-0.05, 0) is 25.7 Å². The molecule has 0 saturated carbocycles. The zero-order valence-electron chi connectivity index (χ0n) is 42.4. The number of hydrogen-bond acceptors (Lipinski definition) is 6. The minimum Gasteiger partial charge on any atom is -0.481 e. The quantitative estimate of drug-likeness (QED) is 0.0325. The number of carboxylic acids is 3. The van der Waals surface area contributed by atoms with Gasteiger partial charge >= 0.3 is 17.9 Å². The van der Waals surface area contributed by atoms with Gasteiger partial charge in [-0.25, -0.2) is 0 Å². The highest BCUT2D eigenvalue weighted by Crippen LogP contribution is 2.19. The van der Waals surface area contributed by atoms with Crippen molar-refractivity contribution in [2.75, 3.05) is 19.8 Å². The number of rotatable bonds is 46. The van der Waals surface area contributed by atoms with Crippen molar-refractivity contribution in [3.8, 4) is 0 Å². The molecule has 0 saturated heterocycles. The summed E-state index contributed by atoms with van der Waals surface area (Å²) < 4.78 is 0. The molecule has 380 valence electrons. The van der Waals surface area contributed by atoms with Crippen molar-refractivity contribution in [3.05, 3.63) is 0 Å². The molecule has 0 aromatic carbocycles. The van der Waals surface area contributed by atoms with E-state index in [4.69, 9.17) is 30.6 Å². The Morgan fingerprint density at radius 2 is 0.413 bits per heavy atom. The van der Waals surface area contributed by atoms with Crippen molar-refractivity contribution in [2.45, 2.75) is 304 Å². The monoisotopic (exact) mass is 903 g/mol. The van der Waals surface area contributed by atoms with Gasteiger partial charge in [0.2, 0.25) is 0 Å². The Bertz CT molecular complexity index is 765. The van der Waals surface area contributed by atoms with E-state index in [9.17, 15) is 14.4 Å². The maximum atomic E-state index is 10.3. The number of aliphatic hydroxyl groups excluding tert-OH is 3. The lowest BCUT2D eigenvalue weighted by molar-refractivity contribution is -0.138. The van der Waals surface area contributed by atoms with E-state index in [0.29, 0.717) is 25.7 Å². The first kappa shape index (κ1) is 67.9. The number of carbonyl (C=O) groups is 3. The Morgan fingerprint density at radius 1 is 0.270 bits per heavy atom. The van der Waals surface area contributed by atoms with Crippen LogP contribution in [0.5, 0.6) is 0 Å². The van der Waals surface area contributed by atoms with E-state index in [2.05, 4.69) is 20.8 Å². The number of unbranched alkanes of at least 4 members (excludes halogenated alkanes) is 36. The standard InChI is InChI=1S/3C16H32O2.C6H14O3/c3*1-2-3-4-5-6-7-8-9-10-11-12-13-14-15-16(17)18;1-2-6(3-7,4-8)5-9/h3*2-15H2,1H3,(H,17,18);7-9H,2-5H2,1H3. The van der Waals surface area contributed by atoms with Crippen molar-refractivity contribution in [1.29, 1.82) is 0 Å². The topological polar surface area (TPSA) is 173 Å². The largest absolute Gasteiger partial charge is 0.481 e. The smallest absolute Gasteiger partial charge is 0.303 e. The van der Waals surface area contributed by atoms with Gasteiger partial charge in [0.05, 0.1) is 19.8 Å². The van der Waals surface area contributed by atoms with Crippen LogP contribution < -0.4 is 0 Å². The van der Waals surface area contributed by atoms with Crippen molar-refractivity contribution >= 4 is 17.9 Å². The lowest BCUT2D eigenvalue weighted by Gasteiger charge is -2.24. The molecule has 0 amide bonds. The second-order valence-corrected chi connectivity index (χ2v) is 18.5. The van der Waals surface area contributed by atoms with E-state index in [1.165, 1.54) is 212 Å². The highest BCUT2D eigenvalue weighted by Gasteiger charge is 2.24. The normalized spacial score (nSPS) is 10.9. The summed E-state index contributed by atoms with van der Waals surface area (Å²) in [7, 11) is 0. The third-order valence-corrected chi connectivity index (χ3v) is 12.2. The highest BCUT2D eigenvalue weighted by molar-refractivity contribution is 5.67. The molecule has 0 heterocycles. The Labute approximate surface area is 390 Å². The molecule has 0 radical (unpaired) electrons. The first-order valence-electron chi connectivity index (χ1n) is 27.0. The SMILES string of the molecule is CCC(CO)(CO)CO.CCCCCCCCCCCCCCCC(=O)O.CCCCCCCCCCCCCCCC(=O)O.CCCCCCCCCCCCCCCC(=O)O. The van der Waals surface area contributed by atoms with Crippen LogP contribution in [0, 0.1) is 5.41 Å². The molecule has 0 aromatic heterocycles. The molecule has 0 fully saturated rings. The van der Waals surface area contributed by atoms with Crippen LogP contribution in [0.3, 0.4) is 0 Å². The maximum Gasteiger partial charge on any atom is 0.303 e. The molecule has 0 aliphatic rings. The molecule has 0 spiro atoms. The van der Waals surface area contributed by atoms with Crippen LogP contribution in [0.2, 0.25) is 0 Å². The van der Waals surface area contributed by atoms with Crippen molar-refractivity contribution in [3.63, 3.8) is 0 Å². The minimum atomic E-state index is -0.667. The second kappa shape index (κ2) is 60.3. The fourth-order valence-corrected chi connectivity index (χ4v) is 7.37. The molecule has 0 bridgehead atoms. The van der Waals surface area contributed by atoms with Crippen LogP contribution >= 0.6 is 0 Å². The molecule has 0 aromatic rings. The zero-order chi connectivity index (χ0) is 47.8. The lowest BCUT2D eigenvalue weighted by Crippen LogP contribution is -2.32. The highest BCUT2D eigenvalue weighted by atomic mass is 16.4. The Balaban J connectivity index is -0.000000378. The summed E-state index contributed by atoms with van der Waals surface area (Å²) in [6.45, 7) is 8.13. The van der Waals surface area contributed by atoms with Gasteiger partial charge in [0, 0.05) is 24.7 Å². The molecule has 9 heteroatoms. The zero-order valence-corrected chi connectivity index (χ0v) is 42.4. The van der Waals surface area contributed by atoms with Gasteiger partial charge in [0.15, 0.2) is 0 Å². The molecule has 0 aliphatic heterocycles. The third-order valence-electron chi connectivity index (χ3n) is 12.2. The van der Waals surface area contributed by atoms with Gasteiger partial charge in [-0.3, -0.25) is 14.4 Å². The number of aliphatic hydroxyl groups is 3. The van der Waals surface area contributed by atoms with Crippen LogP contribution in [0.15, 0.2) is 0 Å². The molecular weight excluding hydrogens is 793 g/mol. The summed E-state index contributed by atoms with van der Waals surface area (Å²) >= 11 is 0. The van der Waals surface area contributed by atoms with Crippen LogP contribution in [0.4, 0.5) is 0 Å². The molecule has 63 heavy (non-hydrogen) atoms. The fraction of sp³-hybridized carbons (Fsp3) is 0.944. The van der Waals surface area contributed by atoms with E-state index in [-0.39, 0.29) is 19.8 Å². The predicted molar refractivity (Wildman–Crippen MR) is 268 cm³/mol. The van der Waals surface area contributed by atoms with E-state index in [0.717, 1.165) is 38.5 Å². The molecule has 0 atom stereocenters. The van der Waals surface area contributed by atoms with Gasteiger partial charge in [0.25, 0.3) is 0 Å². The summed E-state index contributed by atoms with van der Waals surface area (Å²) in [5.41, 5.74) is -0.667. The van der Waals surface area contributed by atoms with Gasteiger partial charge in [-0.2, -0.15) is 0 Å². The minimum absolute atomic E-state index is 0.156. The van der Waals surface area contributed by atoms with Gasteiger partial charge < -0.3 is 30.6 Å². The van der Waals surface area contributed by atoms with Crippen LogP contribution in [-0.4, -0.2) is 68.4 Å². The first-order valence-corrected chi connectivity index (χ1v) is 27.0. The number of carboxylic acid groups (broad SMARTS) is 3. The van der Waals surface area contributed by atoms with E-state index < -0.39 is 23.3 Å². The summed E-state index contributed by atoms with van der Waals surface area (Å²) in [6.07, 6.45) is 52.4. The second-order valence-electron chi connectivity index (χ2n) is 18.5. The summed E-state index contributed by atoms with van der Waals surface area (Å²) in [4.78, 5) is 30.9. The van der Waals surface area contributed by atoms with Gasteiger partial charge in [-0.15, -0.1) is 0 Å². The van der Waals surface area contributed by atoms with E-state index in [1.54, 1.807) is 0 Å². The Hall–Kier alpha value is -1.71. The van der Waals surface area contributed by atoms with Gasteiger partial charge in [0.1, 0.15) is 0 Å². The molecule has 0 unspecified atom stereocenters. The Kier molecular flexibility index (Phi) is 65.0. The lowest BCUT2D eigenvalue weighted by atomic mass is 9.88. The molecule has 6 N–H and O–H groups in total. The van der Waals surface area contributed by atoms with Crippen molar-refractivity contribution in [2.24, 2.45) is 5.41 Å². The molecule has 9 nitrogen and oxygen atoms in total. The molecule has 0 rings (SSSR count). The summed E-state index contributed by atoms with van der Waals surface area (Å²) in [6, 6.07) is 0. The Morgan fingerprint density at radius 3 is 0.508 bits per heavy atom. The van der Waals surface area contributed by atoms with Crippen LogP contribution in [0.25, 0.3) is 0 Å². The summed E-state index contributed by atoms with van der Waals surface area (Å²) in [5, 5.41) is 51.4. The third kappa shape index (κ3) is 67.0. The van der Waals surface area contributed by atoms with Crippen molar-refractivity contribution in [1.82, 2.24) is 0 Å². The number of aliphatic carboxylic acids is 3. The fourth-order valence-electron chi connectivity index (χ4n) is 7.37. The predicted octanol–water partition coefficient (Wildman–Crippen LogP) is 16.0.